The monoisotopic (exact) mass is 308 g/mol. The first-order valence-electron chi connectivity index (χ1n) is 6.34. The van der Waals surface area contributed by atoms with E-state index in [2.05, 4.69) is 0 Å². The van der Waals surface area contributed by atoms with Crippen molar-refractivity contribution in [3.8, 4) is 0 Å². The van der Waals surface area contributed by atoms with Crippen LogP contribution in [0.4, 0.5) is 15.8 Å². The Morgan fingerprint density at radius 2 is 1.76 bits per heavy atom. The molecule has 0 heterocycles. The molecule has 112 valence electrons. The van der Waals surface area contributed by atoms with Crippen LogP contribution in [0.25, 0.3) is 0 Å². The quantitative estimate of drug-likeness (QED) is 0.887. The molecule has 2 N–H and O–H groups in total. The van der Waals surface area contributed by atoms with E-state index in [0.717, 1.165) is 15.9 Å². The maximum Gasteiger partial charge on any atom is 0.264 e. The van der Waals surface area contributed by atoms with Gasteiger partial charge in [0.25, 0.3) is 10.0 Å². The zero-order chi connectivity index (χ0) is 15.8. The maximum absolute atomic E-state index is 13.2. The lowest BCUT2D eigenvalue weighted by molar-refractivity contribution is 0.593. The van der Waals surface area contributed by atoms with Gasteiger partial charge in [-0.25, -0.2) is 12.8 Å². The second kappa shape index (κ2) is 5.37. The molecule has 0 saturated heterocycles. The summed E-state index contributed by atoms with van der Waals surface area (Å²) in [7, 11) is -2.30. The van der Waals surface area contributed by atoms with Gasteiger partial charge in [0.2, 0.25) is 0 Å². The normalized spacial score (nSPS) is 11.4. The molecule has 2 rings (SSSR count). The topological polar surface area (TPSA) is 63.4 Å². The molecule has 0 radical (unpaired) electrons. The Bertz CT molecular complexity index is 788. The SMILES string of the molecule is Cc1ccc(S(=O)(=O)N(C)c2ccc(F)c(N)c2)c(C)c1. The van der Waals surface area contributed by atoms with Crippen molar-refractivity contribution >= 4 is 21.4 Å². The number of anilines is 2. The van der Waals surface area contributed by atoms with Gasteiger partial charge in [0.15, 0.2) is 0 Å². The molecule has 0 unspecified atom stereocenters. The first kappa shape index (κ1) is 15.3. The fourth-order valence-electron chi connectivity index (χ4n) is 2.10. The summed E-state index contributed by atoms with van der Waals surface area (Å²) >= 11 is 0. The van der Waals surface area contributed by atoms with Gasteiger partial charge in [-0.2, -0.15) is 0 Å². The highest BCUT2D eigenvalue weighted by Gasteiger charge is 2.23. The molecule has 0 saturated carbocycles. The van der Waals surface area contributed by atoms with E-state index >= 15 is 0 Å². The number of hydrogen-bond acceptors (Lipinski definition) is 3. The van der Waals surface area contributed by atoms with Crippen molar-refractivity contribution in [2.45, 2.75) is 18.7 Å². The Morgan fingerprint density at radius 3 is 2.33 bits per heavy atom. The summed E-state index contributed by atoms with van der Waals surface area (Å²) in [6.45, 7) is 3.64. The summed E-state index contributed by atoms with van der Waals surface area (Å²) in [6.07, 6.45) is 0. The highest BCUT2D eigenvalue weighted by molar-refractivity contribution is 7.92. The van der Waals surface area contributed by atoms with Gasteiger partial charge in [-0.3, -0.25) is 4.31 Å². The molecular formula is C15H17FN2O2S. The van der Waals surface area contributed by atoms with Crippen LogP contribution in [0, 0.1) is 19.7 Å². The molecule has 0 aliphatic heterocycles. The Hall–Kier alpha value is -2.08. The van der Waals surface area contributed by atoms with Crippen molar-refractivity contribution in [1.29, 1.82) is 0 Å². The van der Waals surface area contributed by atoms with Crippen molar-refractivity contribution in [2.24, 2.45) is 0 Å². The minimum absolute atomic E-state index is 0.0878. The van der Waals surface area contributed by atoms with E-state index < -0.39 is 15.8 Å². The van der Waals surface area contributed by atoms with Crippen molar-refractivity contribution < 1.29 is 12.8 Å². The van der Waals surface area contributed by atoms with E-state index in [1.165, 1.54) is 19.2 Å². The number of rotatable bonds is 3. The first-order valence-corrected chi connectivity index (χ1v) is 7.78. The third-order valence-electron chi connectivity index (χ3n) is 3.31. The molecule has 0 aliphatic carbocycles. The average Bonchev–Trinajstić information content (AvgIpc) is 2.40. The molecule has 0 aliphatic rings. The number of nitrogen functional groups attached to an aromatic ring is 1. The highest BCUT2D eigenvalue weighted by Crippen LogP contribution is 2.27. The van der Waals surface area contributed by atoms with E-state index in [1.54, 1.807) is 25.1 Å². The Labute approximate surface area is 124 Å². The van der Waals surface area contributed by atoms with Gasteiger partial charge in [-0.15, -0.1) is 0 Å². The summed E-state index contributed by atoms with van der Waals surface area (Å²) in [5.41, 5.74) is 7.37. The van der Waals surface area contributed by atoms with Crippen LogP contribution in [0.5, 0.6) is 0 Å². The number of hydrogen-bond donors (Lipinski definition) is 1. The number of nitrogens with two attached hydrogens (primary N) is 1. The highest BCUT2D eigenvalue weighted by atomic mass is 32.2. The van der Waals surface area contributed by atoms with E-state index in [-0.39, 0.29) is 10.6 Å². The molecule has 6 heteroatoms. The Kier molecular flexibility index (Phi) is 3.91. The predicted molar refractivity (Wildman–Crippen MR) is 82.3 cm³/mol. The summed E-state index contributed by atoms with van der Waals surface area (Å²) in [4.78, 5) is 0.221. The summed E-state index contributed by atoms with van der Waals surface area (Å²) in [6, 6.07) is 8.96. The van der Waals surface area contributed by atoms with E-state index in [1.807, 2.05) is 6.92 Å². The Balaban J connectivity index is 2.49. The van der Waals surface area contributed by atoms with E-state index in [9.17, 15) is 12.8 Å². The standard InChI is InChI=1S/C15H17FN2O2S/c1-10-4-7-15(11(2)8-10)21(19,20)18(3)12-5-6-13(16)14(17)9-12/h4-9H,17H2,1-3H3. The van der Waals surface area contributed by atoms with Crippen LogP contribution in [0.15, 0.2) is 41.3 Å². The number of halogens is 1. The van der Waals surface area contributed by atoms with Crippen molar-refractivity contribution in [3.05, 3.63) is 53.3 Å². The first-order chi connectivity index (χ1) is 9.73. The minimum Gasteiger partial charge on any atom is -0.396 e. The van der Waals surface area contributed by atoms with E-state index in [0.29, 0.717) is 11.3 Å². The number of nitrogens with zero attached hydrogens (tertiary/aromatic N) is 1. The zero-order valence-corrected chi connectivity index (χ0v) is 12.9. The van der Waals surface area contributed by atoms with Gasteiger partial charge >= 0.3 is 0 Å². The van der Waals surface area contributed by atoms with Crippen LogP contribution in [-0.4, -0.2) is 15.5 Å². The second-order valence-corrected chi connectivity index (χ2v) is 6.88. The van der Waals surface area contributed by atoms with Crippen molar-refractivity contribution in [2.75, 3.05) is 17.1 Å². The summed E-state index contributed by atoms with van der Waals surface area (Å²) in [5, 5.41) is 0. The smallest absolute Gasteiger partial charge is 0.264 e. The van der Waals surface area contributed by atoms with Crippen molar-refractivity contribution in [3.63, 3.8) is 0 Å². The minimum atomic E-state index is -3.71. The second-order valence-electron chi connectivity index (χ2n) is 4.95. The van der Waals surface area contributed by atoms with Gasteiger partial charge in [0, 0.05) is 7.05 Å². The number of benzene rings is 2. The van der Waals surface area contributed by atoms with Crippen LogP contribution >= 0.6 is 0 Å². The fourth-order valence-corrected chi connectivity index (χ4v) is 3.49. The number of sulfonamides is 1. The molecular weight excluding hydrogens is 291 g/mol. The predicted octanol–water partition coefficient (Wildman–Crippen LogP) is 2.85. The van der Waals surface area contributed by atoms with Crippen LogP contribution in [0.3, 0.4) is 0 Å². The largest absolute Gasteiger partial charge is 0.396 e. The molecule has 0 spiro atoms. The lowest BCUT2D eigenvalue weighted by atomic mass is 10.2. The third kappa shape index (κ3) is 2.85. The van der Waals surface area contributed by atoms with Gasteiger partial charge in [0.05, 0.1) is 16.3 Å². The average molecular weight is 308 g/mol. The molecule has 0 amide bonds. The Morgan fingerprint density at radius 1 is 1.10 bits per heavy atom. The lowest BCUT2D eigenvalue weighted by Gasteiger charge is -2.21. The third-order valence-corrected chi connectivity index (χ3v) is 5.26. The van der Waals surface area contributed by atoms with Gasteiger partial charge in [-0.05, 0) is 43.7 Å². The van der Waals surface area contributed by atoms with Crippen LogP contribution in [-0.2, 0) is 10.0 Å². The van der Waals surface area contributed by atoms with Gasteiger partial charge in [0.1, 0.15) is 5.82 Å². The molecule has 2 aromatic rings. The van der Waals surface area contributed by atoms with Gasteiger partial charge in [-0.1, -0.05) is 17.7 Å². The lowest BCUT2D eigenvalue weighted by Crippen LogP contribution is -2.27. The molecule has 2 aromatic carbocycles. The fraction of sp³-hybridized carbons (Fsp3) is 0.200. The van der Waals surface area contributed by atoms with E-state index in [4.69, 9.17) is 5.73 Å². The van der Waals surface area contributed by atoms with Crippen LogP contribution in [0.2, 0.25) is 0 Å². The van der Waals surface area contributed by atoms with Crippen LogP contribution in [0.1, 0.15) is 11.1 Å². The van der Waals surface area contributed by atoms with Crippen LogP contribution < -0.4 is 10.0 Å². The summed E-state index contributed by atoms with van der Waals surface area (Å²) in [5.74, 6) is -0.573. The molecule has 21 heavy (non-hydrogen) atoms. The molecule has 0 atom stereocenters. The molecule has 0 aromatic heterocycles. The molecule has 0 bridgehead atoms. The molecule has 4 nitrogen and oxygen atoms in total. The number of aryl methyl sites for hydroxylation is 2. The summed E-state index contributed by atoms with van der Waals surface area (Å²) < 4.78 is 39.6. The maximum atomic E-state index is 13.2. The van der Waals surface area contributed by atoms with Crippen molar-refractivity contribution in [1.82, 2.24) is 0 Å². The molecule has 0 fully saturated rings. The zero-order valence-electron chi connectivity index (χ0n) is 12.1. The van der Waals surface area contributed by atoms with Gasteiger partial charge < -0.3 is 5.73 Å².